The Hall–Kier alpha value is -7.72. The van der Waals surface area contributed by atoms with Gasteiger partial charge in [0.2, 0.25) is 0 Å². The SMILES string of the molecule is COc1ccc(C(OC[C@H]2O[C@@H](n3cc(C)c(=O)[nH]c3=O)C[C@@H]2O[P@](=O)(NCCCCCNC(=O)OCC2c3ccccc3-c3ccccc32)OC[C@H]2O[C@@H](n3cc(C)c(=O)[nH]c3=O)C[C@@H]2O)(c2ccccc2)c2ccc(OC)cc2)cc1. The first-order valence-corrected chi connectivity index (χ1v) is 29.1. The van der Waals surface area contributed by atoms with Crippen molar-refractivity contribution in [2.75, 3.05) is 47.1 Å². The molecule has 1 amide bonds. The molecular formula is C61H67N6O15P. The molecule has 3 aliphatic rings. The van der Waals surface area contributed by atoms with E-state index in [9.17, 15) is 29.1 Å². The van der Waals surface area contributed by atoms with Gasteiger partial charge in [-0.1, -0.05) is 110 Å². The molecule has 10 rings (SSSR count). The van der Waals surface area contributed by atoms with E-state index in [0.717, 1.165) is 27.8 Å². The van der Waals surface area contributed by atoms with Crippen LogP contribution in [0.15, 0.2) is 159 Å². The molecule has 0 unspecified atom stereocenters. The Morgan fingerprint density at radius 1 is 0.651 bits per heavy atom. The number of H-pyrrole nitrogens is 2. The number of aromatic nitrogens is 4. The van der Waals surface area contributed by atoms with E-state index in [-0.39, 0.29) is 49.6 Å². The lowest BCUT2D eigenvalue weighted by Crippen LogP contribution is -2.39. The Labute approximate surface area is 478 Å². The zero-order valence-corrected chi connectivity index (χ0v) is 47.3. The fourth-order valence-electron chi connectivity index (χ4n) is 11.0. The van der Waals surface area contributed by atoms with E-state index in [1.807, 2.05) is 103 Å². The van der Waals surface area contributed by atoms with Gasteiger partial charge in [0.1, 0.15) is 54.5 Å². The minimum Gasteiger partial charge on any atom is -0.497 e. The van der Waals surface area contributed by atoms with Gasteiger partial charge >= 0.3 is 25.2 Å². The molecule has 0 bridgehead atoms. The molecule has 2 fully saturated rings. The number of nitrogens with one attached hydrogen (secondary N) is 4. The smallest absolute Gasteiger partial charge is 0.407 e. The number of methoxy groups -OCH3 is 2. The number of unbranched alkanes of at least 4 members (excludes halogenated alkanes) is 2. The summed E-state index contributed by atoms with van der Waals surface area (Å²) in [5.74, 6) is 1.14. The van der Waals surface area contributed by atoms with Crippen LogP contribution < -0.4 is 42.4 Å². The summed E-state index contributed by atoms with van der Waals surface area (Å²) >= 11 is 0. The quantitative estimate of drug-likeness (QED) is 0.0223. The molecule has 0 radical (unpaired) electrons. The summed E-state index contributed by atoms with van der Waals surface area (Å²) in [7, 11) is -1.34. The number of benzene rings is 5. The van der Waals surface area contributed by atoms with E-state index < -0.39 is 85.4 Å². The van der Waals surface area contributed by atoms with Crippen molar-refractivity contribution >= 4 is 13.8 Å². The molecule has 436 valence electrons. The molecule has 0 spiro atoms. The monoisotopic (exact) mass is 1150 g/mol. The lowest BCUT2D eigenvalue weighted by Gasteiger charge is -2.37. The number of aryl methyl sites for hydroxylation is 2. The van der Waals surface area contributed by atoms with E-state index in [0.29, 0.717) is 48.4 Å². The number of hydrogen-bond acceptors (Lipinski definition) is 15. The van der Waals surface area contributed by atoms with Crippen molar-refractivity contribution in [1.29, 1.82) is 0 Å². The number of aromatic amines is 2. The van der Waals surface area contributed by atoms with Crippen LogP contribution in [0.3, 0.4) is 0 Å². The van der Waals surface area contributed by atoms with Gasteiger partial charge in [0.05, 0.1) is 33.5 Å². The van der Waals surface area contributed by atoms with Gasteiger partial charge in [-0.15, -0.1) is 0 Å². The van der Waals surface area contributed by atoms with Crippen LogP contribution in [-0.2, 0) is 38.2 Å². The lowest BCUT2D eigenvalue weighted by molar-refractivity contribution is -0.0937. The summed E-state index contributed by atoms with van der Waals surface area (Å²) in [6, 6.07) is 40.7. The van der Waals surface area contributed by atoms with Gasteiger partial charge in [-0.2, -0.15) is 0 Å². The maximum atomic E-state index is 15.5. The molecule has 21 nitrogen and oxygen atoms in total. The van der Waals surface area contributed by atoms with Crippen molar-refractivity contribution < 1.29 is 51.9 Å². The fourth-order valence-corrected chi connectivity index (χ4v) is 12.6. The average molecular weight is 1160 g/mol. The third kappa shape index (κ3) is 12.9. The number of hydrogen-bond donors (Lipinski definition) is 5. The van der Waals surface area contributed by atoms with Crippen LogP contribution in [0, 0.1) is 13.8 Å². The summed E-state index contributed by atoms with van der Waals surface area (Å²) in [6.45, 7) is 2.94. The molecule has 4 heterocycles. The number of rotatable bonds is 24. The van der Waals surface area contributed by atoms with Crippen molar-refractivity contribution in [3.63, 3.8) is 0 Å². The number of aliphatic hydroxyl groups is 1. The number of ether oxygens (including phenoxy) is 6. The van der Waals surface area contributed by atoms with Crippen molar-refractivity contribution in [3.05, 3.63) is 220 Å². The van der Waals surface area contributed by atoms with Gasteiger partial charge in [-0.25, -0.2) is 24.0 Å². The third-order valence-corrected chi connectivity index (χ3v) is 17.0. The molecule has 7 aromatic rings. The topological polar surface area (TPSA) is 262 Å². The lowest BCUT2D eigenvalue weighted by atomic mass is 9.80. The van der Waals surface area contributed by atoms with E-state index >= 15 is 4.57 Å². The summed E-state index contributed by atoms with van der Waals surface area (Å²) in [6.07, 6.45) is -3.00. The van der Waals surface area contributed by atoms with E-state index in [1.54, 1.807) is 21.1 Å². The highest BCUT2D eigenvalue weighted by Gasteiger charge is 2.47. The van der Waals surface area contributed by atoms with Gasteiger partial charge in [-0.05, 0) is 89.9 Å². The maximum Gasteiger partial charge on any atom is 0.407 e. The first-order chi connectivity index (χ1) is 40.2. The predicted octanol–water partition coefficient (Wildman–Crippen LogP) is 7.47. The number of aliphatic hydroxyl groups excluding tert-OH is 1. The molecule has 2 aliphatic heterocycles. The van der Waals surface area contributed by atoms with Crippen LogP contribution in [-0.4, -0.2) is 102 Å². The Balaban J connectivity index is 0.885. The minimum absolute atomic E-state index is 0.0570. The van der Waals surface area contributed by atoms with Gasteiger partial charge < -0.3 is 38.8 Å². The van der Waals surface area contributed by atoms with Crippen LogP contribution in [0.4, 0.5) is 4.79 Å². The predicted molar refractivity (Wildman–Crippen MR) is 307 cm³/mol. The Bertz CT molecular complexity index is 3590. The van der Waals surface area contributed by atoms with Crippen LogP contribution in [0.25, 0.3) is 11.1 Å². The van der Waals surface area contributed by atoms with E-state index in [4.69, 9.17) is 37.5 Å². The van der Waals surface area contributed by atoms with Crippen molar-refractivity contribution in [2.45, 2.75) is 94.3 Å². The van der Waals surface area contributed by atoms with E-state index in [2.05, 4.69) is 44.6 Å². The zero-order chi connectivity index (χ0) is 58.3. The van der Waals surface area contributed by atoms with Crippen LogP contribution in [0.1, 0.15) is 89.4 Å². The Morgan fingerprint density at radius 3 is 1.75 bits per heavy atom. The van der Waals surface area contributed by atoms with Crippen molar-refractivity contribution in [2.24, 2.45) is 0 Å². The summed E-state index contributed by atoms with van der Waals surface area (Å²) in [5.41, 5.74) is 3.18. The first kappa shape index (κ1) is 58.5. The molecular weight excluding hydrogens is 1090 g/mol. The highest BCUT2D eigenvalue weighted by atomic mass is 31.2. The molecule has 5 aromatic carbocycles. The highest BCUT2D eigenvalue weighted by molar-refractivity contribution is 7.51. The molecule has 2 aromatic heterocycles. The van der Waals surface area contributed by atoms with E-state index in [1.165, 1.54) is 28.5 Å². The standard InChI is InChI=1S/C61H67N6O15P/c1-38-33-66(58(71)64-56(38)69)54-31-50(68)52(80-54)37-79-83(74,63-30-14-6-13-29-62-60(73)77-35-49-47-19-11-9-17-45(47)46-18-10-12-20-48(46)49)82-51-32-55(67-34-39(2)57(70)65-59(67)72)81-53(51)36-78-61(40-15-7-5-8-16-40,41-21-25-43(75-3)26-22-41)42-23-27-44(76-4)28-24-42/h5,7-12,15-28,33-34,49-55,68H,6,13-14,29-32,35-37H2,1-4H3,(H,62,73)(H,63,74)(H,64,69,71)(H,65,70,72)/t50-,51-,52+,53+,54+,55+,83-/m0/s1. The maximum absolute atomic E-state index is 15.5. The summed E-state index contributed by atoms with van der Waals surface area (Å²) in [4.78, 5) is 68.8. The minimum atomic E-state index is -4.50. The Morgan fingerprint density at radius 2 is 1.17 bits per heavy atom. The number of alkyl carbamates (subject to hydrolysis) is 1. The Kier molecular flexibility index (Phi) is 18.2. The van der Waals surface area contributed by atoms with Gasteiger partial charge in [0, 0.05) is 55.4 Å². The van der Waals surface area contributed by atoms with Crippen LogP contribution in [0.5, 0.6) is 11.5 Å². The summed E-state index contributed by atoms with van der Waals surface area (Å²) in [5, 5.41) is 17.1. The largest absolute Gasteiger partial charge is 0.497 e. The van der Waals surface area contributed by atoms with Crippen LogP contribution in [0.2, 0.25) is 0 Å². The van der Waals surface area contributed by atoms with Gasteiger partial charge in [0.25, 0.3) is 11.1 Å². The molecule has 5 N–H and O–H groups in total. The molecule has 2 saturated heterocycles. The molecule has 1 aliphatic carbocycles. The third-order valence-electron chi connectivity index (χ3n) is 15.4. The van der Waals surface area contributed by atoms with Crippen molar-refractivity contribution in [1.82, 2.24) is 29.5 Å². The number of fused-ring (bicyclic) bond motifs is 3. The number of carbonyl (C=O) groups is 1. The highest BCUT2D eigenvalue weighted by Crippen LogP contribution is 2.51. The fraction of sp³-hybridized carbons (Fsp3) is 0.361. The number of amides is 1. The van der Waals surface area contributed by atoms with Crippen LogP contribution >= 0.6 is 7.75 Å². The number of carbonyl (C=O) groups excluding carboxylic acids is 1. The first-order valence-electron chi connectivity index (χ1n) is 27.6. The normalized spacial score (nSPS) is 20.1. The molecule has 0 saturated carbocycles. The van der Waals surface area contributed by atoms with Gasteiger partial charge in [0.15, 0.2) is 0 Å². The van der Waals surface area contributed by atoms with Crippen molar-refractivity contribution in [3.8, 4) is 22.6 Å². The van der Waals surface area contributed by atoms with Gasteiger partial charge in [-0.3, -0.25) is 37.7 Å². The second-order valence-corrected chi connectivity index (χ2v) is 22.5. The average Bonchev–Trinajstić information content (AvgIpc) is 3.85. The zero-order valence-electron chi connectivity index (χ0n) is 46.4. The summed E-state index contributed by atoms with van der Waals surface area (Å²) < 4.78 is 67.6. The second-order valence-electron chi connectivity index (χ2n) is 20.7. The second kappa shape index (κ2) is 25.8. The molecule has 22 heteroatoms. The molecule has 7 atom stereocenters. The number of nitrogens with zero attached hydrogens (tertiary/aromatic N) is 2. The molecule has 83 heavy (non-hydrogen) atoms.